The minimum absolute atomic E-state index is 0.119. The van der Waals surface area contributed by atoms with Gasteiger partial charge in [-0.2, -0.15) is 5.26 Å². The second kappa shape index (κ2) is 5.06. The molecular weight excluding hydrogens is 242 g/mol. The third-order valence-electron chi connectivity index (χ3n) is 2.43. The van der Waals surface area contributed by atoms with Gasteiger partial charge >= 0.3 is 0 Å². The lowest BCUT2D eigenvalue weighted by atomic mass is 10.2. The van der Waals surface area contributed by atoms with Gasteiger partial charge in [-0.1, -0.05) is 6.07 Å². The summed E-state index contributed by atoms with van der Waals surface area (Å²) < 4.78 is 0. The fraction of sp³-hybridized carbons (Fsp3) is 0. The second-order valence-electron chi connectivity index (χ2n) is 3.82. The van der Waals surface area contributed by atoms with Gasteiger partial charge < -0.3 is 16.8 Å². The molecule has 0 radical (unpaired) electrons. The summed E-state index contributed by atoms with van der Waals surface area (Å²) >= 11 is 0. The molecule has 0 saturated heterocycles. The number of hydrogen-bond donors (Lipinski definition) is 3. The van der Waals surface area contributed by atoms with Gasteiger partial charge in [0.1, 0.15) is 5.69 Å². The molecule has 0 atom stereocenters. The number of nitrogen functional groups attached to an aromatic ring is 1. The van der Waals surface area contributed by atoms with Gasteiger partial charge in [-0.15, -0.1) is 0 Å². The summed E-state index contributed by atoms with van der Waals surface area (Å²) in [5.41, 5.74) is 12.6. The van der Waals surface area contributed by atoms with Crippen LogP contribution in [0.5, 0.6) is 0 Å². The molecule has 0 aliphatic heterocycles. The first-order valence-corrected chi connectivity index (χ1v) is 5.43. The lowest BCUT2D eigenvalue weighted by Crippen LogP contribution is -2.14. The zero-order valence-electron chi connectivity index (χ0n) is 9.92. The van der Waals surface area contributed by atoms with E-state index >= 15 is 0 Å². The van der Waals surface area contributed by atoms with E-state index < -0.39 is 5.91 Å². The standard InChI is InChI=1S/C13H11N5O/c14-7-8-2-1-3-9(6-8)17-13-10(15)4-5-11(18-13)12(16)19/h1-6H,15H2,(H2,16,19)(H,17,18). The molecule has 94 valence electrons. The van der Waals surface area contributed by atoms with Gasteiger partial charge in [0.05, 0.1) is 17.3 Å². The number of pyridine rings is 1. The molecule has 0 fully saturated rings. The fourth-order valence-corrected chi connectivity index (χ4v) is 1.51. The van der Waals surface area contributed by atoms with Gasteiger partial charge in [0.2, 0.25) is 0 Å². The van der Waals surface area contributed by atoms with Crippen molar-refractivity contribution in [2.75, 3.05) is 11.1 Å². The van der Waals surface area contributed by atoms with Crippen LogP contribution < -0.4 is 16.8 Å². The molecule has 5 N–H and O–H groups in total. The molecule has 0 bridgehead atoms. The first kappa shape index (κ1) is 12.4. The van der Waals surface area contributed by atoms with E-state index in [4.69, 9.17) is 16.7 Å². The number of anilines is 3. The Morgan fingerprint density at radius 2 is 2.11 bits per heavy atom. The van der Waals surface area contributed by atoms with Gasteiger partial charge in [0, 0.05) is 5.69 Å². The highest BCUT2D eigenvalue weighted by Gasteiger charge is 2.07. The third-order valence-corrected chi connectivity index (χ3v) is 2.43. The number of benzene rings is 1. The van der Waals surface area contributed by atoms with Crippen LogP contribution in [0.25, 0.3) is 0 Å². The van der Waals surface area contributed by atoms with Crippen molar-refractivity contribution in [1.29, 1.82) is 5.26 Å². The number of carbonyl (C=O) groups excluding carboxylic acids is 1. The lowest BCUT2D eigenvalue weighted by Gasteiger charge is -2.09. The largest absolute Gasteiger partial charge is 0.396 e. The maximum absolute atomic E-state index is 11.1. The van der Waals surface area contributed by atoms with E-state index in [2.05, 4.69) is 10.3 Å². The summed E-state index contributed by atoms with van der Waals surface area (Å²) in [5.74, 6) is -0.305. The monoisotopic (exact) mass is 253 g/mol. The summed E-state index contributed by atoms with van der Waals surface area (Å²) in [6.07, 6.45) is 0. The number of hydrogen-bond acceptors (Lipinski definition) is 5. The quantitative estimate of drug-likeness (QED) is 0.763. The van der Waals surface area contributed by atoms with Crippen LogP contribution in [-0.2, 0) is 0 Å². The molecule has 0 unspecified atom stereocenters. The van der Waals surface area contributed by atoms with Crippen LogP contribution in [0.4, 0.5) is 17.2 Å². The van der Waals surface area contributed by atoms with E-state index in [0.717, 1.165) is 0 Å². The Morgan fingerprint density at radius 3 is 2.79 bits per heavy atom. The van der Waals surface area contributed by atoms with Gasteiger partial charge in [-0.3, -0.25) is 4.79 Å². The van der Waals surface area contributed by atoms with Gasteiger partial charge in [-0.25, -0.2) is 4.98 Å². The van der Waals surface area contributed by atoms with Crippen LogP contribution in [0.1, 0.15) is 16.1 Å². The average Bonchev–Trinajstić information content (AvgIpc) is 2.41. The van der Waals surface area contributed by atoms with Crippen molar-refractivity contribution in [3.05, 3.63) is 47.7 Å². The number of amides is 1. The van der Waals surface area contributed by atoms with E-state index in [9.17, 15) is 4.79 Å². The first-order valence-electron chi connectivity index (χ1n) is 5.43. The molecule has 6 heteroatoms. The predicted octanol–water partition coefficient (Wildman–Crippen LogP) is 1.38. The number of nitrogens with two attached hydrogens (primary N) is 2. The number of nitriles is 1. The van der Waals surface area contributed by atoms with E-state index in [1.54, 1.807) is 30.3 Å². The Bertz CT molecular complexity index is 675. The van der Waals surface area contributed by atoms with Crippen molar-refractivity contribution in [3.63, 3.8) is 0 Å². The van der Waals surface area contributed by atoms with Crippen molar-refractivity contribution in [2.24, 2.45) is 5.73 Å². The number of carbonyl (C=O) groups is 1. The molecule has 0 aliphatic rings. The highest BCUT2D eigenvalue weighted by atomic mass is 16.1. The van der Waals surface area contributed by atoms with Gasteiger partial charge in [0.25, 0.3) is 5.91 Å². The lowest BCUT2D eigenvalue weighted by molar-refractivity contribution is 0.0996. The Kier molecular flexibility index (Phi) is 3.30. The molecule has 0 aliphatic carbocycles. The van der Waals surface area contributed by atoms with Crippen LogP contribution in [0.15, 0.2) is 36.4 Å². The van der Waals surface area contributed by atoms with Crippen LogP contribution in [-0.4, -0.2) is 10.9 Å². The molecule has 0 saturated carbocycles. The molecule has 6 nitrogen and oxygen atoms in total. The van der Waals surface area contributed by atoms with Gasteiger partial charge in [-0.05, 0) is 30.3 Å². The minimum atomic E-state index is -0.631. The predicted molar refractivity (Wildman–Crippen MR) is 71.6 cm³/mol. The highest BCUT2D eigenvalue weighted by molar-refractivity contribution is 5.92. The van der Waals surface area contributed by atoms with Crippen molar-refractivity contribution < 1.29 is 4.79 Å². The van der Waals surface area contributed by atoms with E-state index in [0.29, 0.717) is 22.8 Å². The Labute approximate surface area is 109 Å². The number of primary amides is 1. The van der Waals surface area contributed by atoms with Crippen molar-refractivity contribution in [3.8, 4) is 6.07 Å². The maximum Gasteiger partial charge on any atom is 0.267 e. The van der Waals surface area contributed by atoms with Crippen LogP contribution in [0.2, 0.25) is 0 Å². The summed E-state index contributed by atoms with van der Waals surface area (Å²) in [5, 5.41) is 11.8. The molecule has 19 heavy (non-hydrogen) atoms. The molecular formula is C13H11N5O. The smallest absolute Gasteiger partial charge is 0.267 e. The number of nitrogens with zero attached hydrogens (tertiary/aromatic N) is 2. The summed E-state index contributed by atoms with van der Waals surface area (Å²) in [7, 11) is 0. The number of nitrogens with one attached hydrogen (secondary N) is 1. The van der Waals surface area contributed by atoms with E-state index in [1.807, 2.05) is 6.07 Å². The zero-order chi connectivity index (χ0) is 13.8. The van der Waals surface area contributed by atoms with Gasteiger partial charge in [0.15, 0.2) is 5.82 Å². The van der Waals surface area contributed by atoms with Crippen LogP contribution in [0, 0.1) is 11.3 Å². The Hall–Kier alpha value is -3.07. The Morgan fingerprint density at radius 1 is 1.32 bits per heavy atom. The molecule has 1 amide bonds. The molecule has 1 aromatic heterocycles. The third kappa shape index (κ3) is 2.79. The summed E-state index contributed by atoms with van der Waals surface area (Å²) in [6.45, 7) is 0. The topological polar surface area (TPSA) is 118 Å². The molecule has 1 heterocycles. The maximum atomic E-state index is 11.1. The van der Waals surface area contributed by atoms with Crippen molar-refractivity contribution in [2.45, 2.75) is 0 Å². The number of aromatic nitrogens is 1. The van der Waals surface area contributed by atoms with Crippen molar-refractivity contribution >= 4 is 23.1 Å². The minimum Gasteiger partial charge on any atom is -0.396 e. The normalized spacial score (nSPS) is 9.63. The SMILES string of the molecule is N#Cc1cccc(Nc2nc(C(N)=O)ccc2N)c1. The van der Waals surface area contributed by atoms with Crippen LogP contribution >= 0.6 is 0 Å². The summed E-state index contributed by atoms with van der Waals surface area (Å²) in [6, 6.07) is 11.9. The molecule has 1 aromatic carbocycles. The van der Waals surface area contributed by atoms with E-state index in [1.165, 1.54) is 6.07 Å². The summed E-state index contributed by atoms with van der Waals surface area (Å²) in [4.78, 5) is 15.1. The van der Waals surface area contributed by atoms with Crippen LogP contribution in [0.3, 0.4) is 0 Å². The molecule has 2 rings (SSSR count). The zero-order valence-corrected chi connectivity index (χ0v) is 9.92. The second-order valence-corrected chi connectivity index (χ2v) is 3.82. The highest BCUT2D eigenvalue weighted by Crippen LogP contribution is 2.21. The molecule has 2 aromatic rings. The van der Waals surface area contributed by atoms with E-state index in [-0.39, 0.29) is 5.69 Å². The number of rotatable bonds is 3. The van der Waals surface area contributed by atoms with Crippen molar-refractivity contribution in [1.82, 2.24) is 4.98 Å². The molecule has 0 spiro atoms. The average molecular weight is 253 g/mol. The Balaban J connectivity index is 2.34. The fourth-order valence-electron chi connectivity index (χ4n) is 1.51. The first-order chi connectivity index (χ1) is 9.10.